The quantitative estimate of drug-likeness (QED) is 0.765. The van der Waals surface area contributed by atoms with Crippen LogP contribution < -0.4 is 0 Å². The number of aromatic nitrogens is 2. The zero-order valence-electron chi connectivity index (χ0n) is 9.57. The number of hydrogen-bond acceptors (Lipinski definition) is 4. The van der Waals surface area contributed by atoms with E-state index in [4.69, 9.17) is 4.52 Å². The van der Waals surface area contributed by atoms with Crippen LogP contribution in [0.3, 0.4) is 0 Å². The van der Waals surface area contributed by atoms with Crippen molar-refractivity contribution in [1.82, 2.24) is 15.0 Å². The molecule has 0 N–H and O–H groups in total. The largest absolute Gasteiger partial charge is 0.340 e. The molecule has 0 spiro atoms. The Morgan fingerprint density at radius 2 is 2.07 bits per heavy atom. The molecule has 1 aromatic heterocycles. The summed E-state index contributed by atoms with van der Waals surface area (Å²) in [6.07, 6.45) is 6.74. The lowest BCUT2D eigenvalue weighted by Gasteiger charge is -2.30. The third-order valence-electron chi connectivity index (χ3n) is 3.16. The fourth-order valence-electron chi connectivity index (χ4n) is 2.28. The molecule has 0 unspecified atom stereocenters. The van der Waals surface area contributed by atoms with E-state index >= 15 is 0 Å². The van der Waals surface area contributed by atoms with Gasteiger partial charge in [-0.05, 0) is 19.9 Å². The molecule has 1 aliphatic carbocycles. The first-order chi connectivity index (χ1) is 7.25. The molecule has 0 radical (unpaired) electrons. The molecule has 4 nitrogen and oxygen atoms in total. The Labute approximate surface area is 90.7 Å². The fraction of sp³-hybridized carbons (Fsp3) is 0.818. The lowest BCUT2D eigenvalue weighted by atomic mass is 9.94. The van der Waals surface area contributed by atoms with Crippen LogP contribution in [0.4, 0.5) is 0 Å². The molecular formula is C11H19N3O. The van der Waals surface area contributed by atoms with Crippen LogP contribution in [0.5, 0.6) is 0 Å². The maximum Gasteiger partial charge on any atom is 0.223 e. The van der Waals surface area contributed by atoms with Gasteiger partial charge in [0.2, 0.25) is 5.89 Å². The average Bonchev–Trinajstić information content (AvgIpc) is 2.65. The molecule has 0 atom stereocenters. The van der Waals surface area contributed by atoms with Crippen LogP contribution in [0.25, 0.3) is 0 Å². The highest BCUT2D eigenvalue weighted by molar-refractivity contribution is 4.85. The Morgan fingerprint density at radius 3 is 2.67 bits per heavy atom. The van der Waals surface area contributed by atoms with Gasteiger partial charge < -0.3 is 4.52 Å². The minimum atomic E-state index is 0.655. The first-order valence-electron chi connectivity index (χ1n) is 5.75. The maximum absolute atomic E-state index is 4.96. The van der Waals surface area contributed by atoms with E-state index in [0.717, 1.165) is 12.4 Å². The summed E-state index contributed by atoms with van der Waals surface area (Å²) in [6, 6.07) is 0.706. The Morgan fingerprint density at radius 1 is 1.33 bits per heavy atom. The molecule has 84 valence electrons. The number of nitrogens with zero attached hydrogens (tertiary/aromatic N) is 3. The van der Waals surface area contributed by atoms with Crippen molar-refractivity contribution in [3.8, 4) is 0 Å². The van der Waals surface area contributed by atoms with E-state index in [2.05, 4.69) is 22.1 Å². The lowest BCUT2D eigenvalue weighted by Crippen LogP contribution is -2.33. The van der Waals surface area contributed by atoms with E-state index in [-0.39, 0.29) is 0 Å². The third-order valence-corrected chi connectivity index (χ3v) is 3.16. The van der Waals surface area contributed by atoms with Gasteiger partial charge in [0.15, 0.2) is 5.82 Å². The van der Waals surface area contributed by atoms with Crippen LogP contribution in [-0.4, -0.2) is 28.1 Å². The molecule has 2 rings (SSSR count). The van der Waals surface area contributed by atoms with Crippen molar-refractivity contribution >= 4 is 0 Å². The van der Waals surface area contributed by atoms with Gasteiger partial charge in [-0.25, -0.2) is 0 Å². The maximum atomic E-state index is 4.96. The van der Waals surface area contributed by atoms with Crippen molar-refractivity contribution in [1.29, 1.82) is 0 Å². The van der Waals surface area contributed by atoms with E-state index in [0.29, 0.717) is 11.9 Å². The first-order valence-corrected chi connectivity index (χ1v) is 5.75. The standard InChI is InChI=1S/C11H19N3O/c1-9-12-11(13-15-9)8-14(2)10-6-4-3-5-7-10/h10H,3-8H2,1-2H3. The molecule has 1 heterocycles. The minimum absolute atomic E-state index is 0.655. The molecular weight excluding hydrogens is 190 g/mol. The van der Waals surface area contributed by atoms with E-state index in [9.17, 15) is 0 Å². The van der Waals surface area contributed by atoms with Crippen molar-refractivity contribution in [2.45, 2.75) is 51.6 Å². The number of aryl methyl sites for hydroxylation is 1. The fourth-order valence-corrected chi connectivity index (χ4v) is 2.28. The Hall–Kier alpha value is -0.900. The average molecular weight is 209 g/mol. The molecule has 0 amide bonds. The number of rotatable bonds is 3. The van der Waals surface area contributed by atoms with Gasteiger partial charge in [0.25, 0.3) is 0 Å². The Bertz CT molecular complexity index is 305. The smallest absolute Gasteiger partial charge is 0.223 e. The summed E-state index contributed by atoms with van der Waals surface area (Å²) in [5.74, 6) is 1.46. The predicted octanol–water partition coefficient (Wildman–Crippen LogP) is 2.14. The number of hydrogen-bond donors (Lipinski definition) is 0. The second kappa shape index (κ2) is 4.75. The van der Waals surface area contributed by atoms with Crippen LogP contribution in [0.1, 0.15) is 43.8 Å². The van der Waals surface area contributed by atoms with E-state index in [1.807, 2.05) is 6.92 Å². The van der Waals surface area contributed by atoms with E-state index in [1.54, 1.807) is 0 Å². The van der Waals surface area contributed by atoms with Crippen molar-refractivity contribution in [2.24, 2.45) is 0 Å². The van der Waals surface area contributed by atoms with E-state index < -0.39 is 0 Å². The molecule has 0 aromatic carbocycles. The predicted molar refractivity (Wildman–Crippen MR) is 57.4 cm³/mol. The Balaban J connectivity index is 1.88. The zero-order valence-corrected chi connectivity index (χ0v) is 9.57. The minimum Gasteiger partial charge on any atom is -0.340 e. The van der Waals surface area contributed by atoms with Crippen LogP contribution in [-0.2, 0) is 6.54 Å². The molecule has 0 bridgehead atoms. The van der Waals surface area contributed by atoms with Gasteiger partial charge in [0.05, 0.1) is 6.54 Å². The lowest BCUT2D eigenvalue weighted by molar-refractivity contribution is 0.179. The third kappa shape index (κ3) is 2.78. The highest BCUT2D eigenvalue weighted by Crippen LogP contribution is 2.22. The zero-order chi connectivity index (χ0) is 10.7. The molecule has 4 heteroatoms. The molecule has 0 aliphatic heterocycles. The monoisotopic (exact) mass is 209 g/mol. The van der Waals surface area contributed by atoms with Gasteiger partial charge in [-0.15, -0.1) is 0 Å². The normalized spacial score (nSPS) is 18.6. The molecule has 0 saturated heterocycles. The van der Waals surface area contributed by atoms with E-state index in [1.165, 1.54) is 32.1 Å². The summed E-state index contributed by atoms with van der Waals surface area (Å²) in [5, 5.41) is 3.92. The van der Waals surface area contributed by atoms with Crippen LogP contribution in [0, 0.1) is 6.92 Å². The topological polar surface area (TPSA) is 42.2 Å². The summed E-state index contributed by atoms with van der Waals surface area (Å²) in [4.78, 5) is 6.58. The van der Waals surface area contributed by atoms with Crippen molar-refractivity contribution in [2.75, 3.05) is 7.05 Å². The molecule has 1 aliphatic rings. The SMILES string of the molecule is Cc1nc(CN(C)C2CCCCC2)no1. The van der Waals surface area contributed by atoms with Crippen LogP contribution in [0.2, 0.25) is 0 Å². The summed E-state index contributed by atoms with van der Waals surface area (Å²) < 4.78 is 4.96. The van der Waals surface area contributed by atoms with Crippen molar-refractivity contribution in [3.63, 3.8) is 0 Å². The van der Waals surface area contributed by atoms with Gasteiger partial charge in [-0.3, -0.25) is 4.90 Å². The molecule has 1 saturated carbocycles. The second-order valence-electron chi connectivity index (χ2n) is 4.44. The molecule has 1 fully saturated rings. The van der Waals surface area contributed by atoms with Gasteiger partial charge in [0, 0.05) is 13.0 Å². The highest BCUT2D eigenvalue weighted by atomic mass is 16.5. The summed E-state index contributed by atoms with van der Waals surface area (Å²) in [7, 11) is 2.15. The Kier molecular flexibility index (Phi) is 3.36. The molecule has 15 heavy (non-hydrogen) atoms. The summed E-state index contributed by atoms with van der Waals surface area (Å²) in [6.45, 7) is 2.64. The first kappa shape index (κ1) is 10.6. The summed E-state index contributed by atoms with van der Waals surface area (Å²) in [5.41, 5.74) is 0. The second-order valence-corrected chi connectivity index (χ2v) is 4.44. The molecule has 1 aromatic rings. The highest BCUT2D eigenvalue weighted by Gasteiger charge is 2.19. The van der Waals surface area contributed by atoms with Gasteiger partial charge in [0.1, 0.15) is 0 Å². The van der Waals surface area contributed by atoms with Crippen LogP contribution in [0.15, 0.2) is 4.52 Å². The van der Waals surface area contributed by atoms with Gasteiger partial charge >= 0.3 is 0 Å². The summed E-state index contributed by atoms with van der Waals surface area (Å²) >= 11 is 0. The van der Waals surface area contributed by atoms with Crippen molar-refractivity contribution in [3.05, 3.63) is 11.7 Å². The van der Waals surface area contributed by atoms with Crippen molar-refractivity contribution < 1.29 is 4.52 Å². The van der Waals surface area contributed by atoms with Gasteiger partial charge in [-0.2, -0.15) is 4.98 Å². The van der Waals surface area contributed by atoms with Gasteiger partial charge in [-0.1, -0.05) is 24.4 Å². The van der Waals surface area contributed by atoms with Crippen LogP contribution >= 0.6 is 0 Å².